The molecule has 0 aliphatic heterocycles. The quantitative estimate of drug-likeness (QED) is 0.711. The first-order valence-corrected chi connectivity index (χ1v) is 4.44. The van der Waals surface area contributed by atoms with Gasteiger partial charge in [0.25, 0.3) is 5.91 Å². The topological polar surface area (TPSA) is 62.2 Å². The molecule has 1 aromatic heterocycles. The van der Waals surface area contributed by atoms with E-state index in [0.717, 1.165) is 0 Å². The number of thiazole rings is 1. The molecule has 0 saturated heterocycles. The third-order valence-corrected chi connectivity index (χ3v) is 1.96. The van der Waals surface area contributed by atoms with Crippen LogP contribution in [0.3, 0.4) is 0 Å². The highest BCUT2D eigenvalue weighted by Crippen LogP contribution is 2.02. The van der Waals surface area contributed by atoms with Crippen LogP contribution in [0.25, 0.3) is 0 Å². The number of amides is 1. The molecule has 1 heterocycles. The highest BCUT2D eigenvalue weighted by atomic mass is 32.1. The lowest BCUT2D eigenvalue weighted by atomic mass is 10.4. The van der Waals surface area contributed by atoms with Gasteiger partial charge in [0.05, 0.1) is 6.10 Å². The van der Waals surface area contributed by atoms with E-state index in [1.807, 2.05) is 0 Å². The number of aliphatic hydroxyl groups excluding tert-OH is 1. The molecule has 1 aromatic rings. The highest BCUT2D eigenvalue weighted by Gasteiger charge is 2.07. The minimum absolute atomic E-state index is 0.231. The van der Waals surface area contributed by atoms with Gasteiger partial charge in [-0.3, -0.25) is 4.79 Å². The zero-order valence-corrected chi connectivity index (χ0v) is 7.47. The van der Waals surface area contributed by atoms with Crippen LogP contribution in [0.1, 0.15) is 16.7 Å². The number of hydrogen-bond donors (Lipinski definition) is 2. The van der Waals surface area contributed by atoms with Gasteiger partial charge in [0.2, 0.25) is 0 Å². The summed E-state index contributed by atoms with van der Waals surface area (Å²) in [6.07, 6.45) is 1.05. The van der Waals surface area contributed by atoms with Crippen molar-refractivity contribution < 1.29 is 9.90 Å². The number of nitrogens with zero attached hydrogens (tertiary/aromatic N) is 1. The SMILES string of the molecule is CC(O)CNC(=O)c1nccs1. The molecule has 0 aliphatic carbocycles. The average Bonchev–Trinajstić information content (AvgIpc) is 2.51. The first-order valence-electron chi connectivity index (χ1n) is 3.56. The highest BCUT2D eigenvalue weighted by molar-refractivity contribution is 7.11. The van der Waals surface area contributed by atoms with Gasteiger partial charge in [0, 0.05) is 18.1 Å². The Bertz CT molecular complexity index is 246. The molecule has 66 valence electrons. The van der Waals surface area contributed by atoms with Crippen LogP contribution < -0.4 is 5.32 Å². The van der Waals surface area contributed by atoms with Crippen molar-refractivity contribution in [3.63, 3.8) is 0 Å². The van der Waals surface area contributed by atoms with Gasteiger partial charge in [-0.15, -0.1) is 11.3 Å². The van der Waals surface area contributed by atoms with Crippen molar-refractivity contribution >= 4 is 17.2 Å². The molecular weight excluding hydrogens is 176 g/mol. The molecule has 4 nitrogen and oxygen atoms in total. The first kappa shape index (κ1) is 9.15. The summed E-state index contributed by atoms with van der Waals surface area (Å²) in [7, 11) is 0. The Morgan fingerprint density at radius 3 is 3.17 bits per heavy atom. The summed E-state index contributed by atoms with van der Waals surface area (Å²) in [5.74, 6) is -0.231. The molecule has 0 aromatic carbocycles. The molecule has 1 unspecified atom stereocenters. The summed E-state index contributed by atoms with van der Waals surface area (Å²) < 4.78 is 0. The second-order valence-electron chi connectivity index (χ2n) is 2.40. The van der Waals surface area contributed by atoms with Gasteiger partial charge < -0.3 is 10.4 Å². The number of aromatic nitrogens is 1. The van der Waals surface area contributed by atoms with Crippen LogP contribution in [-0.4, -0.2) is 28.6 Å². The van der Waals surface area contributed by atoms with Gasteiger partial charge in [-0.25, -0.2) is 4.98 Å². The Balaban J connectivity index is 2.40. The fourth-order valence-corrected chi connectivity index (χ4v) is 1.20. The summed E-state index contributed by atoms with van der Waals surface area (Å²) in [5.41, 5.74) is 0. The van der Waals surface area contributed by atoms with E-state index in [9.17, 15) is 4.79 Å². The van der Waals surface area contributed by atoms with Crippen molar-refractivity contribution in [2.75, 3.05) is 6.54 Å². The van der Waals surface area contributed by atoms with Crippen LogP contribution in [0.2, 0.25) is 0 Å². The van der Waals surface area contributed by atoms with Gasteiger partial charge >= 0.3 is 0 Å². The van der Waals surface area contributed by atoms with Gasteiger partial charge in [-0.05, 0) is 6.92 Å². The minimum atomic E-state index is -0.520. The molecule has 5 heteroatoms. The number of carbonyl (C=O) groups is 1. The maximum atomic E-state index is 11.1. The summed E-state index contributed by atoms with van der Waals surface area (Å²) in [5, 5.41) is 13.6. The van der Waals surface area contributed by atoms with E-state index < -0.39 is 6.10 Å². The zero-order valence-electron chi connectivity index (χ0n) is 6.65. The minimum Gasteiger partial charge on any atom is -0.392 e. The Labute approximate surface area is 74.3 Å². The van der Waals surface area contributed by atoms with Gasteiger partial charge in [-0.1, -0.05) is 0 Å². The normalized spacial score (nSPS) is 12.5. The third kappa shape index (κ3) is 2.60. The predicted octanol–water partition coefficient (Wildman–Crippen LogP) is 0.254. The van der Waals surface area contributed by atoms with Crippen LogP contribution in [0.15, 0.2) is 11.6 Å². The monoisotopic (exact) mass is 186 g/mol. The summed E-state index contributed by atoms with van der Waals surface area (Å²) in [6.45, 7) is 1.88. The van der Waals surface area contributed by atoms with Crippen LogP contribution in [0, 0.1) is 0 Å². The van der Waals surface area contributed by atoms with Crippen molar-refractivity contribution in [3.8, 4) is 0 Å². The Kier molecular flexibility index (Phi) is 3.19. The predicted molar refractivity (Wildman–Crippen MR) is 46.1 cm³/mol. The van der Waals surface area contributed by atoms with Crippen molar-refractivity contribution in [1.82, 2.24) is 10.3 Å². The fraction of sp³-hybridized carbons (Fsp3) is 0.429. The Hall–Kier alpha value is -0.940. The number of rotatable bonds is 3. The molecule has 1 atom stereocenters. The molecule has 2 N–H and O–H groups in total. The molecule has 0 bridgehead atoms. The number of nitrogens with one attached hydrogen (secondary N) is 1. The van der Waals surface area contributed by atoms with Crippen LogP contribution in [0.5, 0.6) is 0 Å². The van der Waals surface area contributed by atoms with Crippen LogP contribution in [0.4, 0.5) is 0 Å². The van der Waals surface area contributed by atoms with Crippen molar-refractivity contribution in [2.45, 2.75) is 13.0 Å². The smallest absolute Gasteiger partial charge is 0.280 e. The summed E-state index contributed by atoms with van der Waals surface area (Å²) in [6, 6.07) is 0. The molecule has 0 saturated carbocycles. The lowest BCUT2D eigenvalue weighted by Gasteiger charge is -2.04. The summed E-state index contributed by atoms with van der Waals surface area (Å²) >= 11 is 1.28. The molecule has 0 spiro atoms. The molecule has 12 heavy (non-hydrogen) atoms. The second-order valence-corrected chi connectivity index (χ2v) is 3.29. The van der Waals surface area contributed by atoms with E-state index in [4.69, 9.17) is 5.11 Å². The van der Waals surface area contributed by atoms with E-state index in [-0.39, 0.29) is 12.5 Å². The molecular formula is C7H10N2O2S. The van der Waals surface area contributed by atoms with E-state index >= 15 is 0 Å². The van der Waals surface area contributed by atoms with E-state index in [2.05, 4.69) is 10.3 Å². The molecule has 0 radical (unpaired) electrons. The molecule has 0 fully saturated rings. The zero-order chi connectivity index (χ0) is 8.97. The van der Waals surface area contributed by atoms with Crippen LogP contribution in [-0.2, 0) is 0 Å². The lowest BCUT2D eigenvalue weighted by molar-refractivity contribution is 0.0923. The average molecular weight is 186 g/mol. The van der Waals surface area contributed by atoms with Crippen molar-refractivity contribution in [3.05, 3.63) is 16.6 Å². The largest absolute Gasteiger partial charge is 0.392 e. The van der Waals surface area contributed by atoms with Gasteiger partial charge in [-0.2, -0.15) is 0 Å². The maximum absolute atomic E-state index is 11.1. The Morgan fingerprint density at radius 2 is 2.67 bits per heavy atom. The standard InChI is InChI=1S/C7H10N2O2S/c1-5(10)4-9-6(11)7-8-2-3-12-7/h2-3,5,10H,4H2,1H3,(H,9,11). The molecule has 1 rings (SSSR count). The van der Waals surface area contributed by atoms with Crippen molar-refractivity contribution in [1.29, 1.82) is 0 Å². The van der Waals surface area contributed by atoms with Gasteiger partial charge in [0.1, 0.15) is 0 Å². The fourth-order valence-electron chi connectivity index (χ4n) is 0.652. The second kappa shape index (κ2) is 4.18. The van der Waals surface area contributed by atoms with E-state index in [1.165, 1.54) is 11.3 Å². The van der Waals surface area contributed by atoms with E-state index in [0.29, 0.717) is 5.01 Å². The van der Waals surface area contributed by atoms with Crippen LogP contribution >= 0.6 is 11.3 Å². The van der Waals surface area contributed by atoms with E-state index in [1.54, 1.807) is 18.5 Å². The number of hydrogen-bond acceptors (Lipinski definition) is 4. The molecule has 0 aliphatic rings. The summed E-state index contributed by atoms with van der Waals surface area (Å²) in [4.78, 5) is 15.0. The Morgan fingerprint density at radius 1 is 1.92 bits per heavy atom. The van der Waals surface area contributed by atoms with Crippen molar-refractivity contribution in [2.24, 2.45) is 0 Å². The number of aliphatic hydroxyl groups is 1. The maximum Gasteiger partial charge on any atom is 0.280 e. The number of carbonyl (C=O) groups excluding carboxylic acids is 1. The van der Waals surface area contributed by atoms with Gasteiger partial charge in [0.15, 0.2) is 5.01 Å². The molecule has 1 amide bonds. The third-order valence-electron chi connectivity index (χ3n) is 1.18. The lowest BCUT2D eigenvalue weighted by Crippen LogP contribution is -2.30. The first-order chi connectivity index (χ1) is 5.70.